The minimum Gasteiger partial charge on any atom is -0.479 e. The molecule has 0 saturated carbocycles. The molecule has 1 aromatic carbocycles. The van der Waals surface area contributed by atoms with Gasteiger partial charge in [0.15, 0.2) is 11.9 Å². The highest BCUT2D eigenvalue weighted by molar-refractivity contribution is 9.10. The maximum atomic E-state index is 12.2. The lowest BCUT2D eigenvalue weighted by Gasteiger charge is -2.23. The Morgan fingerprint density at radius 1 is 1.53 bits per heavy atom. The van der Waals surface area contributed by atoms with Crippen LogP contribution < -0.4 is 10.1 Å². The molecule has 2 rings (SSSR count). The van der Waals surface area contributed by atoms with E-state index in [4.69, 9.17) is 4.74 Å². The Morgan fingerprint density at radius 2 is 2.26 bits per heavy atom. The summed E-state index contributed by atoms with van der Waals surface area (Å²) in [6.07, 6.45) is 1.22. The Kier molecular flexibility index (Phi) is 4.24. The number of halogens is 1. The highest BCUT2D eigenvalue weighted by Gasteiger charge is 2.25. The summed E-state index contributed by atoms with van der Waals surface area (Å²) in [6, 6.07) is 5.13. The fraction of sp³-hybridized carbons (Fsp3) is 0.429. The normalized spacial score (nSPS) is 19.1. The number of amides is 1. The second kappa shape index (κ2) is 5.74. The third-order valence-corrected chi connectivity index (χ3v) is 3.90. The summed E-state index contributed by atoms with van der Waals surface area (Å²) in [6.45, 7) is 3.72. The molecule has 1 aliphatic heterocycles. The summed E-state index contributed by atoms with van der Waals surface area (Å²) in [7, 11) is 0. The van der Waals surface area contributed by atoms with Gasteiger partial charge in [0, 0.05) is 5.56 Å². The van der Waals surface area contributed by atoms with Crippen molar-refractivity contribution >= 4 is 33.3 Å². The molecule has 1 N–H and O–H groups in total. The zero-order valence-corrected chi connectivity index (χ0v) is 12.5. The number of hydrogen-bond acceptors (Lipinski definition) is 3. The maximum absolute atomic E-state index is 12.2. The van der Waals surface area contributed by atoms with Crippen LogP contribution in [0.25, 0.3) is 0 Å². The van der Waals surface area contributed by atoms with Gasteiger partial charge >= 0.3 is 0 Å². The van der Waals surface area contributed by atoms with Gasteiger partial charge in [0.1, 0.15) is 5.75 Å². The number of anilines is 1. The fourth-order valence-electron chi connectivity index (χ4n) is 1.93. The van der Waals surface area contributed by atoms with Crippen LogP contribution in [0, 0.1) is 0 Å². The molecule has 0 radical (unpaired) electrons. The molecule has 19 heavy (non-hydrogen) atoms. The summed E-state index contributed by atoms with van der Waals surface area (Å²) in [5, 5.41) is 2.74. The fourth-order valence-corrected chi connectivity index (χ4v) is 2.65. The third kappa shape index (κ3) is 2.97. The van der Waals surface area contributed by atoms with Crippen LogP contribution in [-0.2, 0) is 4.79 Å². The van der Waals surface area contributed by atoms with E-state index in [0.29, 0.717) is 17.0 Å². The molecule has 2 unspecified atom stereocenters. The van der Waals surface area contributed by atoms with Crippen molar-refractivity contribution in [3.8, 4) is 5.75 Å². The number of fused-ring (bicyclic) bond motifs is 1. The van der Waals surface area contributed by atoms with Crippen LogP contribution in [0.1, 0.15) is 37.0 Å². The monoisotopic (exact) mass is 325 g/mol. The van der Waals surface area contributed by atoms with Gasteiger partial charge in [0.2, 0.25) is 0 Å². The second-order valence-electron chi connectivity index (χ2n) is 4.58. The maximum Gasteiger partial charge on any atom is 0.265 e. The van der Waals surface area contributed by atoms with Crippen molar-refractivity contribution < 1.29 is 14.3 Å². The molecular weight excluding hydrogens is 310 g/mol. The number of benzene rings is 1. The first-order valence-corrected chi connectivity index (χ1v) is 7.24. The Hall–Kier alpha value is -1.36. The predicted molar refractivity (Wildman–Crippen MR) is 77.1 cm³/mol. The van der Waals surface area contributed by atoms with Crippen molar-refractivity contribution in [2.24, 2.45) is 0 Å². The molecule has 1 heterocycles. The van der Waals surface area contributed by atoms with E-state index < -0.39 is 6.10 Å². The predicted octanol–water partition coefficient (Wildman–Crippen LogP) is 3.15. The van der Waals surface area contributed by atoms with Crippen LogP contribution in [0.15, 0.2) is 18.2 Å². The van der Waals surface area contributed by atoms with Crippen molar-refractivity contribution in [1.29, 1.82) is 0 Å². The molecule has 1 aromatic rings. The quantitative estimate of drug-likeness (QED) is 0.683. The van der Waals surface area contributed by atoms with Gasteiger partial charge in [0.05, 0.1) is 10.5 Å². The topological polar surface area (TPSA) is 55.4 Å². The average Bonchev–Trinajstić information content (AvgIpc) is 2.39. The number of alkyl halides is 1. The number of carbonyl (C=O) groups excluding carboxylic acids is 2. The second-order valence-corrected chi connectivity index (χ2v) is 5.69. The first-order chi connectivity index (χ1) is 9.02. The molecule has 1 amide bonds. The molecule has 0 bridgehead atoms. The highest BCUT2D eigenvalue weighted by atomic mass is 79.9. The minimum atomic E-state index is -0.502. The van der Waals surface area contributed by atoms with E-state index in [1.807, 2.05) is 6.92 Å². The summed E-state index contributed by atoms with van der Waals surface area (Å²) in [5.41, 5.74) is 1.14. The zero-order valence-electron chi connectivity index (χ0n) is 10.9. The van der Waals surface area contributed by atoms with Gasteiger partial charge < -0.3 is 10.1 Å². The first kappa shape index (κ1) is 14.1. The van der Waals surface area contributed by atoms with Crippen LogP contribution >= 0.6 is 15.9 Å². The van der Waals surface area contributed by atoms with Gasteiger partial charge in [-0.25, -0.2) is 0 Å². The van der Waals surface area contributed by atoms with E-state index in [9.17, 15) is 9.59 Å². The van der Waals surface area contributed by atoms with Gasteiger partial charge in [0.25, 0.3) is 5.91 Å². The summed E-state index contributed by atoms with van der Waals surface area (Å²) >= 11 is 3.39. The Bertz CT molecular complexity index is 515. The van der Waals surface area contributed by atoms with Crippen molar-refractivity contribution in [3.05, 3.63) is 23.8 Å². The summed E-state index contributed by atoms with van der Waals surface area (Å²) < 4.78 is 5.45. The van der Waals surface area contributed by atoms with Gasteiger partial charge in [-0.1, -0.05) is 29.3 Å². The Morgan fingerprint density at radius 3 is 2.95 bits per heavy atom. The number of ketones is 1. The van der Waals surface area contributed by atoms with Crippen LogP contribution in [-0.4, -0.2) is 22.6 Å². The van der Waals surface area contributed by atoms with Crippen molar-refractivity contribution in [1.82, 2.24) is 0 Å². The number of ether oxygens (including phenoxy) is 1. The van der Waals surface area contributed by atoms with E-state index in [-0.39, 0.29) is 16.5 Å². The van der Waals surface area contributed by atoms with E-state index >= 15 is 0 Å². The smallest absolute Gasteiger partial charge is 0.265 e. The van der Waals surface area contributed by atoms with Gasteiger partial charge in [-0.2, -0.15) is 0 Å². The molecule has 5 heteroatoms. The number of nitrogens with one attached hydrogen (secondary N) is 1. The van der Waals surface area contributed by atoms with Gasteiger partial charge in [-0.3, -0.25) is 9.59 Å². The Balaban J connectivity index is 2.24. The lowest BCUT2D eigenvalue weighted by atomic mass is 10.0. The van der Waals surface area contributed by atoms with E-state index in [1.165, 1.54) is 0 Å². The van der Waals surface area contributed by atoms with Crippen LogP contribution in [0.3, 0.4) is 0 Å². The van der Waals surface area contributed by atoms with Gasteiger partial charge in [-0.15, -0.1) is 0 Å². The van der Waals surface area contributed by atoms with Crippen molar-refractivity contribution in [3.63, 3.8) is 0 Å². The summed E-state index contributed by atoms with van der Waals surface area (Å²) in [5.74, 6) is 0.434. The molecular formula is C14H16BrNO3. The van der Waals surface area contributed by atoms with E-state index in [2.05, 4.69) is 21.2 Å². The highest BCUT2D eigenvalue weighted by Crippen LogP contribution is 2.31. The van der Waals surface area contributed by atoms with Crippen LogP contribution in [0.4, 0.5) is 5.69 Å². The molecule has 0 aliphatic carbocycles. The zero-order chi connectivity index (χ0) is 14.0. The minimum absolute atomic E-state index is 0.0255. The van der Waals surface area contributed by atoms with Crippen molar-refractivity contribution in [2.45, 2.75) is 37.6 Å². The summed E-state index contributed by atoms with van der Waals surface area (Å²) in [4.78, 5) is 23.5. The number of rotatable bonds is 4. The molecule has 1 aliphatic rings. The van der Waals surface area contributed by atoms with Crippen molar-refractivity contribution in [2.75, 3.05) is 5.32 Å². The first-order valence-electron chi connectivity index (χ1n) is 6.32. The SMILES string of the molecule is CCCC(Br)C(=O)c1ccc2c(c1)NC(=O)C(C)O2. The average molecular weight is 326 g/mol. The third-order valence-electron chi connectivity index (χ3n) is 3.02. The molecule has 4 nitrogen and oxygen atoms in total. The lowest BCUT2D eigenvalue weighted by molar-refractivity contribution is -0.122. The van der Waals surface area contributed by atoms with E-state index in [1.54, 1.807) is 25.1 Å². The standard InChI is InChI=1S/C14H16BrNO3/c1-3-4-10(15)13(17)9-5-6-12-11(7-9)16-14(18)8(2)19-12/h5-8,10H,3-4H2,1-2H3,(H,16,18). The lowest BCUT2D eigenvalue weighted by Crippen LogP contribution is -2.34. The molecule has 0 aromatic heterocycles. The molecule has 0 fully saturated rings. The number of hydrogen-bond donors (Lipinski definition) is 1. The molecule has 2 atom stereocenters. The van der Waals surface area contributed by atoms with Crippen LogP contribution in [0.5, 0.6) is 5.75 Å². The van der Waals surface area contributed by atoms with Crippen LogP contribution in [0.2, 0.25) is 0 Å². The van der Waals surface area contributed by atoms with Gasteiger partial charge in [-0.05, 0) is 31.5 Å². The number of Topliss-reactive ketones (excluding diaryl/α,β-unsaturated/α-hetero) is 1. The largest absolute Gasteiger partial charge is 0.479 e. The van der Waals surface area contributed by atoms with E-state index in [0.717, 1.165) is 12.8 Å². The molecule has 102 valence electrons. The molecule has 0 spiro atoms. The Labute approximate surface area is 120 Å². The molecule has 0 saturated heterocycles. The number of carbonyl (C=O) groups is 2.